The van der Waals surface area contributed by atoms with Crippen LogP contribution in [0.1, 0.15) is 65.7 Å². The Hall–Kier alpha value is 0.270. The summed E-state index contributed by atoms with van der Waals surface area (Å²) in [5.41, 5.74) is 0.547. The monoisotopic (exact) mass is 312 g/mol. The molecule has 0 aromatic heterocycles. The van der Waals surface area contributed by atoms with Crippen molar-refractivity contribution in [2.75, 3.05) is 38.5 Å². The molecule has 0 radical (unpaired) electrons. The van der Waals surface area contributed by atoms with Crippen LogP contribution in [0.5, 0.6) is 0 Å². The molecule has 0 amide bonds. The van der Waals surface area contributed by atoms with Gasteiger partial charge in [0, 0.05) is 30.1 Å². The quantitative estimate of drug-likeness (QED) is 0.768. The van der Waals surface area contributed by atoms with Crippen molar-refractivity contribution in [3.05, 3.63) is 0 Å². The Morgan fingerprint density at radius 2 is 1.71 bits per heavy atom. The van der Waals surface area contributed by atoms with Crippen LogP contribution in [0, 0.1) is 5.41 Å². The molecule has 124 valence electrons. The van der Waals surface area contributed by atoms with E-state index in [1.807, 2.05) is 0 Å². The van der Waals surface area contributed by atoms with E-state index in [9.17, 15) is 0 Å². The number of thioether (sulfide) groups is 1. The predicted molar refractivity (Wildman–Crippen MR) is 96.3 cm³/mol. The Bertz CT molecular complexity index is 296. The molecule has 3 heteroatoms. The molecule has 1 saturated carbocycles. The highest BCUT2D eigenvalue weighted by Crippen LogP contribution is 2.37. The molecular formula is C18H36N2S. The SMILES string of the molecule is CCNCC1(CN2CCSC(C)(C)CC2)CCCCCC1. The molecule has 0 unspecified atom stereocenters. The molecule has 1 aliphatic heterocycles. The predicted octanol–water partition coefficient (Wildman–Crippen LogP) is 4.15. The van der Waals surface area contributed by atoms with Crippen LogP contribution in [0.2, 0.25) is 0 Å². The number of hydrogen-bond acceptors (Lipinski definition) is 3. The van der Waals surface area contributed by atoms with Gasteiger partial charge >= 0.3 is 0 Å². The Labute approximate surface area is 136 Å². The summed E-state index contributed by atoms with van der Waals surface area (Å²) in [7, 11) is 0. The second-order valence-corrected chi connectivity index (χ2v) is 9.63. The van der Waals surface area contributed by atoms with Crippen LogP contribution in [0.15, 0.2) is 0 Å². The molecule has 0 aromatic rings. The van der Waals surface area contributed by atoms with Crippen molar-refractivity contribution in [3.63, 3.8) is 0 Å². The summed E-state index contributed by atoms with van der Waals surface area (Å²) < 4.78 is 0.479. The summed E-state index contributed by atoms with van der Waals surface area (Å²) in [5, 5.41) is 3.68. The van der Waals surface area contributed by atoms with E-state index < -0.39 is 0 Å². The van der Waals surface area contributed by atoms with Gasteiger partial charge in [-0.1, -0.05) is 46.5 Å². The lowest BCUT2D eigenvalue weighted by Crippen LogP contribution is -2.45. The Morgan fingerprint density at radius 3 is 2.38 bits per heavy atom. The van der Waals surface area contributed by atoms with Crippen LogP contribution in [-0.2, 0) is 0 Å². The number of rotatable bonds is 5. The third kappa shape index (κ3) is 5.76. The Balaban J connectivity index is 1.96. The maximum Gasteiger partial charge on any atom is 0.0116 e. The Kier molecular flexibility index (Phi) is 6.89. The molecule has 1 aliphatic carbocycles. The van der Waals surface area contributed by atoms with E-state index in [1.54, 1.807) is 0 Å². The first-order valence-corrected chi connectivity index (χ1v) is 10.1. The second-order valence-electron chi connectivity index (χ2n) is 7.83. The zero-order valence-corrected chi connectivity index (χ0v) is 15.4. The minimum Gasteiger partial charge on any atom is -0.316 e. The van der Waals surface area contributed by atoms with Gasteiger partial charge in [-0.2, -0.15) is 11.8 Å². The Morgan fingerprint density at radius 1 is 1.00 bits per heavy atom. The highest BCUT2D eigenvalue weighted by atomic mass is 32.2. The molecular weight excluding hydrogens is 276 g/mol. The van der Waals surface area contributed by atoms with Gasteiger partial charge in [0.1, 0.15) is 0 Å². The fourth-order valence-corrected chi connectivity index (χ4v) is 5.09. The van der Waals surface area contributed by atoms with Gasteiger partial charge in [0.05, 0.1) is 0 Å². The first kappa shape index (κ1) is 17.6. The van der Waals surface area contributed by atoms with Crippen molar-refractivity contribution >= 4 is 11.8 Å². The summed E-state index contributed by atoms with van der Waals surface area (Å²) in [6, 6.07) is 0. The second kappa shape index (κ2) is 8.21. The van der Waals surface area contributed by atoms with Gasteiger partial charge < -0.3 is 10.2 Å². The summed E-state index contributed by atoms with van der Waals surface area (Å²) in [6.45, 7) is 13.4. The van der Waals surface area contributed by atoms with E-state index >= 15 is 0 Å². The van der Waals surface area contributed by atoms with Crippen molar-refractivity contribution in [1.82, 2.24) is 10.2 Å². The molecule has 1 N–H and O–H groups in total. The maximum atomic E-state index is 3.68. The van der Waals surface area contributed by atoms with Gasteiger partial charge in [0.15, 0.2) is 0 Å². The molecule has 2 rings (SSSR count). The topological polar surface area (TPSA) is 15.3 Å². The van der Waals surface area contributed by atoms with Crippen LogP contribution in [0.4, 0.5) is 0 Å². The normalized spacial score (nSPS) is 27.0. The smallest absolute Gasteiger partial charge is 0.0116 e. The minimum absolute atomic E-state index is 0.479. The average molecular weight is 313 g/mol. The fourth-order valence-electron chi connectivity index (χ4n) is 3.95. The van der Waals surface area contributed by atoms with Crippen LogP contribution in [0.25, 0.3) is 0 Å². The molecule has 0 spiro atoms. The van der Waals surface area contributed by atoms with Gasteiger partial charge in [0.25, 0.3) is 0 Å². The minimum atomic E-state index is 0.479. The van der Waals surface area contributed by atoms with Crippen LogP contribution >= 0.6 is 11.8 Å². The summed E-state index contributed by atoms with van der Waals surface area (Å²) >= 11 is 2.17. The largest absolute Gasteiger partial charge is 0.316 e. The van der Waals surface area contributed by atoms with E-state index in [2.05, 4.69) is 42.7 Å². The van der Waals surface area contributed by atoms with Gasteiger partial charge in [-0.05, 0) is 37.8 Å². The summed E-state index contributed by atoms with van der Waals surface area (Å²) in [6.07, 6.45) is 10.0. The first-order valence-electron chi connectivity index (χ1n) is 9.12. The summed E-state index contributed by atoms with van der Waals surface area (Å²) in [4.78, 5) is 2.78. The van der Waals surface area contributed by atoms with Gasteiger partial charge in [-0.3, -0.25) is 0 Å². The third-order valence-corrected chi connectivity index (χ3v) is 6.78. The van der Waals surface area contributed by atoms with Crippen LogP contribution in [-0.4, -0.2) is 48.1 Å². The average Bonchev–Trinajstić information content (AvgIpc) is 2.77. The number of nitrogens with zero attached hydrogens (tertiary/aromatic N) is 1. The molecule has 1 heterocycles. The van der Waals surface area contributed by atoms with Crippen LogP contribution < -0.4 is 5.32 Å². The molecule has 2 nitrogen and oxygen atoms in total. The highest BCUT2D eigenvalue weighted by Gasteiger charge is 2.34. The van der Waals surface area contributed by atoms with E-state index in [0.29, 0.717) is 10.2 Å². The molecule has 0 atom stereocenters. The van der Waals surface area contributed by atoms with Crippen molar-refractivity contribution in [3.8, 4) is 0 Å². The van der Waals surface area contributed by atoms with Crippen molar-refractivity contribution < 1.29 is 0 Å². The van der Waals surface area contributed by atoms with E-state index in [4.69, 9.17) is 0 Å². The number of hydrogen-bond donors (Lipinski definition) is 1. The van der Waals surface area contributed by atoms with Crippen LogP contribution in [0.3, 0.4) is 0 Å². The first-order chi connectivity index (χ1) is 10.1. The van der Waals surface area contributed by atoms with E-state index in [-0.39, 0.29) is 0 Å². The van der Waals surface area contributed by atoms with E-state index in [1.165, 1.54) is 76.9 Å². The highest BCUT2D eigenvalue weighted by molar-refractivity contribution is 8.00. The molecule has 21 heavy (non-hydrogen) atoms. The summed E-state index contributed by atoms with van der Waals surface area (Å²) in [5.74, 6) is 1.31. The standard InChI is InChI=1S/C18H36N2S/c1-4-19-15-18(9-7-5-6-8-10-18)16-20-12-11-17(2,3)21-14-13-20/h19H,4-16H2,1-3H3. The fraction of sp³-hybridized carbons (Fsp3) is 1.00. The lowest BCUT2D eigenvalue weighted by atomic mass is 9.79. The zero-order valence-electron chi connectivity index (χ0n) is 14.5. The third-order valence-electron chi connectivity index (χ3n) is 5.40. The maximum absolute atomic E-state index is 3.68. The molecule has 1 saturated heterocycles. The molecule has 2 fully saturated rings. The number of nitrogens with one attached hydrogen (secondary N) is 1. The lowest BCUT2D eigenvalue weighted by molar-refractivity contribution is 0.131. The van der Waals surface area contributed by atoms with Gasteiger partial charge in [-0.25, -0.2) is 0 Å². The molecule has 2 aliphatic rings. The van der Waals surface area contributed by atoms with Gasteiger partial charge in [0.2, 0.25) is 0 Å². The molecule has 0 bridgehead atoms. The van der Waals surface area contributed by atoms with Gasteiger partial charge in [-0.15, -0.1) is 0 Å². The van der Waals surface area contributed by atoms with E-state index in [0.717, 1.165) is 6.54 Å². The van der Waals surface area contributed by atoms with Crippen molar-refractivity contribution in [2.45, 2.75) is 70.5 Å². The van der Waals surface area contributed by atoms with Crippen molar-refractivity contribution in [1.29, 1.82) is 0 Å². The van der Waals surface area contributed by atoms with Crippen molar-refractivity contribution in [2.24, 2.45) is 5.41 Å². The lowest BCUT2D eigenvalue weighted by Gasteiger charge is -2.38. The zero-order chi connectivity index (χ0) is 15.2. The molecule has 0 aromatic carbocycles.